The van der Waals surface area contributed by atoms with Crippen molar-refractivity contribution in [2.24, 2.45) is 22.7 Å². The molecule has 4 aromatic carbocycles. The van der Waals surface area contributed by atoms with E-state index in [0.717, 1.165) is 22.3 Å². The first kappa shape index (κ1) is 51.1. The van der Waals surface area contributed by atoms with Gasteiger partial charge >= 0.3 is 11.9 Å². The van der Waals surface area contributed by atoms with Gasteiger partial charge in [0.25, 0.3) is 0 Å². The van der Waals surface area contributed by atoms with Crippen LogP contribution in [-0.2, 0) is 56.1 Å². The van der Waals surface area contributed by atoms with Crippen LogP contribution in [0.1, 0.15) is 103 Å². The van der Waals surface area contributed by atoms with Crippen molar-refractivity contribution in [1.82, 2.24) is 9.80 Å². The zero-order valence-corrected chi connectivity index (χ0v) is 39.9. The van der Waals surface area contributed by atoms with E-state index in [1.165, 1.54) is 0 Å². The topological polar surface area (TPSA) is 129 Å². The van der Waals surface area contributed by atoms with E-state index in [9.17, 15) is 24.0 Å². The van der Waals surface area contributed by atoms with Gasteiger partial charge in [0.15, 0.2) is 0 Å². The summed E-state index contributed by atoms with van der Waals surface area (Å²) >= 11 is 0. The summed E-state index contributed by atoms with van der Waals surface area (Å²) in [6, 6.07) is 38.5. The van der Waals surface area contributed by atoms with E-state index >= 15 is 0 Å². The quantitative estimate of drug-likeness (QED) is 0.0545. The molecule has 66 heavy (non-hydrogen) atoms. The van der Waals surface area contributed by atoms with E-state index in [-0.39, 0.29) is 62.6 Å². The van der Waals surface area contributed by atoms with Crippen LogP contribution >= 0.6 is 0 Å². The number of rotatable bonds is 18. The van der Waals surface area contributed by atoms with E-state index in [1.54, 1.807) is 36.6 Å². The molecule has 0 bridgehead atoms. The third-order valence-electron chi connectivity index (χ3n) is 12.3. The number of esters is 2. The SMILES string of the molecule is C=CC[C@@]1(C(=O)OC(C)(C)C)CN([C@H](C)c2ccccc2)C(=O)[C@@H]1COCc1ccccc1.C[C@H](c1ccccc1)N1C[C@@](CC=O)(C(=O)OC(C)(C)C)[C@@H](COCc2ccccc2)C1=O. The van der Waals surface area contributed by atoms with E-state index in [4.69, 9.17) is 18.9 Å². The predicted octanol–water partition coefficient (Wildman–Crippen LogP) is 9.67. The average Bonchev–Trinajstić information content (AvgIpc) is 3.73. The Morgan fingerprint density at radius 2 is 0.939 bits per heavy atom. The van der Waals surface area contributed by atoms with Crippen LogP contribution in [0.4, 0.5) is 0 Å². The minimum absolute atomic E-state index is 0.0266. The number of aldehydes is 1. The van der Waals surface area contributed by atoms with Crippen LogP contribution in [0.3, 0.4) is 0 Å². The molecule has 11 nitrogen and oxygen atoms in total. The van der Waals surface area contributed by atoms with E-state index < -0.39 is 39.8 Å². The highest BCUT2D eigenvalue weighted by atomic mass is 16.6. The lowest BCUT2D eigenvalue weighted by atomic mass is 9.75. The number of carbonyl (C=O) groups is 5. The van der Waals surface area contributed by atoms with Gasteiger partial charge in [-0.1, -0.05) is 127 Å². The molecule has 6 atom stereocenters. The molecule has 2 heterocycles. The van der Waals surface area contributed by atoms with Gasteiger partial charge in [0.05, 0.1) is 50.3 Å². The first-order valence-corrected chi connectivity index (χ1v) is 22.8. The zero-order chi connectivity index (χ0) is 48.1. The van der Waals surface area contributed by atoms with Gasteiger partial charge in [-0.25, -0.2) is 0 Å². The third-order valence-corrected chi connectivity index (χ3v) is 12.3. The van der Waals surface area contributed by atoms with Crippen molar-refractivity contribution in [3.05, 3.63) is 156 Å². The molecule has 2 aliphatic heterocycles. The molecule has 2 saturated heterocycles. The van der Waals surface area contributed by atoms with Crippen LogP contribution in [0.5, 0.6) is 0 Å². The summed E-state index contributed by atoms with van der Waals surface area (Å²) < 4.78 is 23.5. The van der Waals surface area contributed by atoms with Gasteiger partial charge in [0.2, 0.25) is 11.8 Å². The largest absolute Gasteiger partial charge is 0.459 e. The van der Waals surface area contributed by atoms with Gasteiger partial charge in [0.1, 0.15) is 28.3 Å². The van der Waals surface area contributed by atoms with Crippen LogP contribution in [0.2, 0.25) is 0 Å². The Bertz CT molecular complexity index is 2060. The zero-order valence-electron chi connectivity index (χ0n) is 39.9. The second kappa shape index (κ2) is 22.5. The normalized spacial score (nSPS) is 21.6. The minimum atomic E-state index is -1.30. The summed E-state index contributed by atoms with van der Waals surface area (Å²) in [5, 5.41) is 0. The number of benzene rings is 4. The number of hydrogen-bond donors (Lipinski definition) is 0. The molecule has 0 spiro atoms. The van der Waals surface area contributed by atoms with Crippen molar-refractivity contribution in [1.29, 1.82) is 0 Å². The number of likely N-dealkylation sites (tertiary alicyclic amines) is 2. The second-order valence-electron chi connectivity index (χ2n) is 19.4. The molecular weight excluding hydrogens is 833 g/mol. The molecule has 0 aromatic heterocycles. The lowest BCUT2D eigenvalue weighted by Crippen LogP contribution is -2.45. The summed E-state index contributed by atoms with van der Waals surface area (Å²) in [7, 11) is 0. The molecule has 0 radical (unpaired) electrons. The minimum Gasteiger partial charge on any atom is -0.459 e. The Balaban J connectivity index is 0.000000247. The summed E-state index contributed by atoms with van der Waals surface area (Å²) in [6.07, 6.45) is 2.65. The van der Waals surface area contributed by atoms with E-state index in [1.807, 2.05) is 156 Å². The standard InChI is InChI=1S/C28H35NO4.C27H33NO5/c1-6-17-28(26(31)33-27(3,4)5)20-29(21(2)23-15-11-8-12-16-23)25(30)24(28)19-32-18-22-13-9-7-10-14-22;1-20(22-13-9-6-10-14-22)28-19-27(15-16-29,25(31)33-26(2,3)4)23(24(28)30)18-32-17-21-11-7-5-8-12-21/h6-16,21,24H,1,17-20H2,2-5H3;5-14,16,20,23H,15,17-19H2,1-4H3/t21-,24+,28-;20-,23+,27-/m11/s1. The maximum Gasteiger partial charge on any atom is 0.315 e. The number of nitrogens with zero attached hydrogens (tertiary/aromatic N) is 2. The fourth-order valence-corrected chi connectivity index (χ4v) is 8.69. The lowest BCUT2D eigenvalue weighted by molar-refractivity contribution is -0.173. The number of carbonyl (C=O) groups excluding carboxylic acids is 5. The van der Waals surface area contributed by atoms with E-state index in [0.29, 0.717) is 25.9 Å². The molecule has 2 aliphatic rings. The van der Waals surface area contributed by atoms with Gasteiger partial charge in [-0.3, -0.25) is 19.2 Å². The lowest BCUT2D eigenvalue weighted by Gasteiger charge is -2.34. The molecule has 11 heteroatoms. The summed E-state index contributed by atoms with van der Waals surface area (Å²) in [5.41, 5.74) is 0.207. The maximum absolute atomic E-state index is 13.7. The van der Waals surface area contributed by atoms with Crippen LogP contribution in [-0.4, -0.2) is 77.3 Å². The second-order valence-corrected chi connectivity index (χ2v) is 19.4. The van der Waals surface area contributed by atoms with Gasteiger partial charge in [-0.15, -0.1) is 6.58 Å². The van der Waals surface area contributed by atoms with E-state index in [2.05, 4.69) is 6.58 Å². The summed E-state index contributed by atoms with van der Waals surface area (Å²) in [5.74, 6) is -2.67. The van der Waals surface area contributed by atoms with Crippen molar-refractivity contribution in [3.63, 3.8) is 0 Å². The van der Waals surface area contributed by atoms with Crippen molar-refractivity contribution in [2.45, 2.75) is 105 Å². The average molecular weight is 901 g/mol. The molecule has 6 rings (SSSR count). The number of amides is 2. The fraction of sp³-hybridized carbons (Fsp3) is 0.436. The molecule has 0 saturated carbocycles. The highest BCUT2D eigenvalue weighted by Crippen LogP contribution is 2.47. The van der Waals surface area contributed by atoms with Gasteiger partial charge in [-0.05, 0) is 84.1 Å². The highest BCUT2D eigenvalue weighted by molar-refractivity contribution is 5.94. The molecule has 2 fully saturated rings. The van der Waals surface area contributed by atoms with Gasteiger partial charge in [0, 0.05) is 19.5 Å². The molecule has 4 aromatic rings. The molecule has 0 aliphatic carbocycles. The summed E-state index contributed by atoms with van der Waals surface area (Å²) in [4.78, 5) is 69.6. The third kappa shape index (κ3) is 12.7. The number of hydrogen-bond acceptors (Lipinski definition) is 9. The molecule has 0 N–H and O–H groups in total. The molecule has 2 amide bonds. The van der Waals surface area contributed by atoms with Crippen molar-refractivity contribution < 1.29 is 42.9 Å². The predicted molar refractivity (Wildman–Crippen MR) is 254 cm³/mol. The van der Waals surface area contributed by atoms with Crippen molar-refractivity contribution in [2.75, 3.05) is 26.3 Å². The van der Waals surface area contributed by atoms with Gasteiger partial charge in [-0.2, -0.15) is 0 Å². The Labute approximate surface area is 391 Å². The Hall–Kier alpha value is -5.91. The van der Waals surface area contributed by atoms with Crippen molar-refractivity contribution in [3.8, 4) is 0 Å². The maximum atomic E-state index is 13.7. The smallest absolute Gasteiger partial charge is 0.315 e. The molecule has 0 unspecified atom stereocenters. The molecule has 352 valence electrons. The number of ether oxygens (including phenoxy) is 4. The Morgan fingerprint density at radius 3 is 1.26 bits per heavy atom. The van der Waals surface area contributed by atoms with Crippen LogP contribution in [0.15, 0.2) is 134 Å². The van der Waals surface area contributed by atoms with Crippen LogP contribution < -0.4 is 0 Å². The van der Waals surface area contributed by atoms with Crippen LogP contribution in [0.25, 0.3) is 0 Å². The summed E-state index contributed by atoms with van der Waals surface area (Å²) in [6.45, 7) is 19.9. The monoisotopic (exact) mass is 900 g/mol. The first-order valence-electron chi connectivity index (χ1n) is 22.8. The number of allylic oxidation sites excluding steroid dienone is 1. The van der Waals surface area contributed by atoms with Crippen molar-refractivity contribution >= 4 is 30.0 Å². The first-order chi connectivity index (χ1) is 31.4. The van der Waals surface area contributed by atoms with Gasteiger partial charge < -0.3 is 33.5 Å². The Morgan fingerprint density at radius 1 is 0.606 bits per heavy atom. The Kier molecular flexibility index (Phi) is 17.4. The fourth-order valence-electron chi connectivity index (χ4n) is 8.69. The highest BCUT2D eigenvalue weighted by Gasteiger charge is 2.60. The van der Waals surface area contributed by atoms with Crippen LogP contribution in [0, 0.1) is 22.7 Å². The molecular formula is C55H68N2O9.